The Morgan fingerprint density at radius 2 is 2.26 bits per heavy atom. The second-order valence-corrected chi connectivity index (χ2v) is 6.39. The van der Waals surface area contributed by atoms with Gasteiger partial charge in [-0.2, -0.15) is 0 Å². The SMILES string of the molecule is O=C1CN(CC(=O)Nc2nc(-c3ccccc3Cl)cs2)CCN1. The number of nitrogens with one attached hydrogen (secondary N) is 2. The molecule has 0 aliphatic carbocycles. The van der Waals surface area contributed by atoms with Gasteiger partial charge < -0.3 is 10.6 Å². The van der Waals surface area contributed by atoms with Crippen molar-refractivity contribution in [3.05, 3.63) is 34.7 Å². The number of rotatable bonds is 4. The second-order valence-electron chi connectivity index (χ2n) is 5.13. The van der Waals surface area contributed by atoms with Crippen LogP contribution in [0, 0.1) is 0 Å². The number of carbonyl (C=O) groups excluding carboxylic acids is 2. The van der Waals surface area contributed by atoms with Gasteiger partial charge in [-0.1, -0.05) is 29.8 Å². The van der Waals surface area contributed by atoms with Crippen molar-refractivity contribution in [2.24, 2.45) is 0 Å². The Kier molecular flexibility index (Phi) is 4.90. The normalized spacial score (nSPS) is 15.3. The summed E-state index contributed by atoms with van der Waals surface area (Å²) in [6.45, 7) is 1.66. The van der Waals surface area contributed by atoms with Crippen LogP contribution in [0.1, 0.15) is 0 Å². The van der Waals surface area contributed by atoms with Crippen molar-refractivity contribution < 1.29 is 9.59 Å². The quantitative estimate of drug-likeness (QED) is 0.882. The van der Waals surface area contributed by atoms with Crippen LogP contribution in [-0.4, -0.2) is 47.9 Å². The van der Waals surface area contributed by atoms with Gasteiger partial charge in [-0.25, -0.2) is 4.98 Å². The number of thiazole rings is 1. The smallest absolute Gasteiger partial charge is 0.240 e. The average Bonchev–Trinajstić information content (AvgIpc) is 2.95. The molecular formula is C15H15ClN4O2S. The fraction of sp³-hybridized carbons (Fsp3) is 0.267. The highest BCUT2D eigenvalue weighted by molar-refractivity contribution is 7.14. The summed E-state index contributed by atoms with van der Waals surface area (Å²) in [5.41, 5.74) is 1.56. The van der Waals surface area contributed by atoms with Gasteiger partial charge in [0.05, 0.1) is 18.8 Å². The Morgan fingerprint density at radius 3 is 3.04 bits per heavy atom. The van der Waals surface area contributed by atoms with Gasteiger partial charge in [-0.15, -0.1) is 11.3 Å². The first-order chi connectivity index (χ1) is 11.1. The number of anilines is 1. The van der Waals surface area contributed by atoms with Gasteiger partial charge in [-0.05, 0) is 6.07 Å². The molecule has 2 N–H and O–H groups in total. The van der Waals surface area contributed by atoms with Gasteiger partial charge in [0.1, 0.15) is 0 Å². The molecule has 1 aliphatic rings. The fourth-order valence-corrected chi connectivity index (χ4v) is 3.27. The number of hydrogen-bond donors (Lipinski definition) is 2. The van der Waals surface area contributed by atoms with Crippen molar-refractivity contribution in [2.45, 2.75) is 0 Å². The maximum atomic E-state index is 12.1. The first kappa shape index (κ1) is 15.9. The molecule has 0 bridgehead atoms. The highest BCUT2D eigenvalue weighted by Gasteiger charge is 2.19. The van der Waals surface area contributed by atoms with E-state index in [1.54, 1.807) is 11.0 Å². The van der Waals surface area contributed by atoms with Crippen LogP contribution in [0.2, 0.25) is 5.02 Å². The van der Waals surface area contributed by atoms with Gasteiger partial charge in [0.15, 0.2) is 5.13 Å². The molecule has 0 spiro atoms. The highest BCUT2D eigenvalue weighted by atomic mass is 35.5. The van der Waals surface area contributed by atoms with Crippen molar-refractivity contribution in [3.8, 4) is 11.3 Å². The number of amides is 2. The number of aromatic nitrogens is 1. The molecule has 23 heavy (non-hydrogen) atoms. The number of hydrogen-bond acceptors (Lipinski definition) is 5. The summed E-state index contributed by atoms with van der Waals surface area (Å²) in [5.74, 6) is -0.237. The van der Waals surface area contributed by atoms with E-state index in [0.717, 1.165) is 11.3 Å². The summed E-state index contributed by atoms with van der Waals surface area (Å²) in [6.07, 6.45) is 0. The van der Waals surface area contributed by atoms with Crippen molar-refractivity contribution in [1.29, 1.82) is 0 Å². The van der Waals surface area contributed by atoms with Crippen LogP contribution in [0.25, 0.3) is 11.3 Å². The molecule has 8 heteroatoms. The van der Waals surface area contributed by atoms with Gasteiger partial charge >= 0.3 is 0 Å². The van der Waals surface area contributed by atoms with E-state index < -0.39 is 0 Å². The molecule has 1 aromatic heterocycles. The van der Waals surface area contributed by atoms with E-state index in [9.17, 15) is 9.59 Å². The first-order valence-corrected chi connectivity index (χ1v) is 8.37. The van der Waals surface area contributed by atoms with E-state index in [2.05, 4.69) is 15.6 Å². The topological polar surface area (TPSA) is 74.3 Å². The van der Waals surface area contributed by atoms with Gasteiger partial charge in [-0.3, -0.25) is 14.5 Å². The zero-order valence-electron chi connectivity index (χ0n) is 12.2. The molecule has 3 rings (SSSR count). The lowest BCUT2D eigenvalue weighted by atomic mass is 10.2. The predicted octanol–water partition coefficient (Wildman–Crippen LogP) is 1.83. The Bertz CT molecular complexity index is 734. The molecular weight excluding hydrogens is 336 g/mol. The monoisotopic (exact) mass is 350 g/mol. The molecule has 0 atom stereocenters. The molecule has 1 saturated heterocycles. The van der Waals surface area contributed by atoms with Gasteiger partial charge in [0, 0.05) is 29.1 Å². The molecule has 0 radical (unpaired) electrons. The van der Waals surface area contributed by atoms with E-state index in [1.807, 2.05) is 23.6 Å². The van der Waals surface area contributed by atoms with Gasteiger partial charge in [0.2, 0.25) is 11.8 Å². The molecule has 120 valence electrons. The zero-order chi connectivity index (χ0) is 16.2. The molecule has 6 nitrogen and oxygen atoms in total. The van der Waals surface area contributed by atoms with Crippen molar-refractivity contribution in [3.63, 3.8) is 0 Å². The minimum atomic E-state index is -0.181. The lowest BCUT2D eigenvalue weighted by Crippen LogP contribution is -2.49. The third-order valence-electron chi connectivity index (χ3n) is 3.38. The highest BCUT2D eigenvalue weighted by Crippen LogP contribution is 2.30. The van der Waals surface area contributed by atoms with Crippen molar-refractivity contribution in [1.82, 2.24) is 15.2 Å². The Labute approximate surface area is 142 Å². The average molecular weight is 351 g/mol. The first-order valence-electron chi connectivity index (χ1n) is 7.11. The fourth-order valence-electron chi connectivity index (χ4n) is 2.31. The lowest BCUT2D eigenvalue weighted by Gasteiger charge is -2.25. The van der Waals surface area contributed by atoms with Crippen LogP contribution >= 0.6 is 22.9 Å². The molecule has 2 amide bonds. The number of nitrogens with zero attached hydrogens (tertiary/aromatic N) is 2. The van der Waals surface area contributed by atoms with E-state index in [1.165, 1.54) is 11.3 Å². The van der Waals surface area contributed by atoms with E-state index in [-0.39, 0.29) is 24.9 Å². The van der Waals surface area contributed by atoms with Crippen LogP contribution < -0.4 is 10.6 Å². The minimum absolute atomic E-state index is 0.0562. The van der Waals surface area contributed by atoms with Crippen molar-refractivity contribution in [2.75, 3.05) is 31.5 Å². The number of halogens is 1. The molecule has 1 aromatic carbocycles. The summed E-state index contributed by atoms with van der Waals surface area (Å²) in [7, 11) is 0. The van der Waals surface area contributed by atoms with Crippen molar-refractivity contribution >= 4 is 39.9 Å². The minimum Gasteiger partial charge on any atom is -0.354 e. The third kappa shape index (κ3) is 4.07. The van der Waals surface area contributed by atoms with E-state index >= 15 is 0 Å². The van der Waals surface area contributed by atoms with Gasteiger partial charge in [0.25, 0.3) is 0 Å². The molecule has 2 aromatic rings. The largest absolute Gasteiger partial charge is 0.354 e. The molecule has 0 unspecified atom stereocenters. The van der Waals surface area contributed by atoms with Crippen LogP contribution in [0.4, 0.5) is 5.13 Å². The standard InChI is InChI=1S/C15H15ClN4O2S/c16-11-4-2-1-3-10(11)12-9-23-15(18-12)19-14(22)8-20-6-5-17-13(21)7-20/h1-4,9H,5-8H2,(H,17,21)(H,18,19,22). The Hall–Kier alpha value is -1.96. The summed E-state index contributed by atoms with van der Waals surface area (Å²) < 4.78 is 0. The molecule has 0 saturated carbocycles. The Balaban J connectivity index is 1.61. The number of piperazine rings is 1. The molecule has 2 heterocycles. The second kappa shape index (κ2) is 7.08. The zero-order valence-corrected chi connectivity index (χ0v) is 13.8. The van der Waals surface area contributed by atoms with Crippen LogP contribution in [-0.2, 0) is 9.59 Å². The number of carbonyl (C=O) groups is 2. The Morgan fingerprint density at radius 1 is 1.43 bits per heavy atom. The molecule has 1 fully saturated rings. The maximum Gasteiger partial charge on any atom is 0.240 e. The van der Waals surface area contributed by atoms with E-state index in [4.69, 9.17) is 11.6 Å². The maximum absolute atomic E-state index is 12.1. The van der Waals surface area contributed by atoms with Crippen LogP contribution in [0.3, 0.4) is 0 Å². The van der Waals surface area contributed by atoms with Crippen LogP contribution in [0.15, 0.2) is 29.6 Å². The van der Waals surface area contributed by atoms with Crippen LogP contribution in [0.5, 0.6) is 0 Å². The summed E-state index contributed by atoms with van der Waals surface area (Å²) in [4.78, 5) is 29.6. The van der Waals surface area contributed by atoms with E-state index in [0.29, 0.717) is 23.2 Å². The predicted molar refractivity (Wildman–Crippen MR) is 90.6 cm³/mol. The molecule has 1 aliphatic heterocycles. The summed E-state index contributed by atoms with van der Waals surface area (Å²) >= 11 is 7.49. The lowest BCUT2D eigenvalue weighted by molar-refractivity contribution is -0.125. The summed E-state index contributed by atoms with van der Waals surface area (Å²) in [6, 6.07) is 7.43. The summed E-state index contributed by atoms with van der Waals surface area (Å²) in [5, 5.41) is 8.48. The number of benzene rings is 1. The third-order valence-corrected chi connectivity index (χ3v) is 4.47.